The van der Waals surface area contributed by atoms with Crippen LogP contribution in [-0.2, 0) is 4.12 Å². The highest BCUT2D eigenvalue weighted by Crippen LogP contribution is 2.17. The fourth-order valence-electron chi connectivity index (χ4n) is 1.55. The minimum Gasteiger partial charge on any atom is -0.471 e. The smallest absolute Gasteiger partial charge is 0.195 e. The van der Waals surface area contributed by atoms with Crippen molar-refractivity contribution in [3.63, 3.8) is 0 Å². The molecule has 1 atom stereocenters. The number of aliphatic hydroxyl groups is 1. The molecule has 0 saturated heterocycles. The first-order valence-electron chi connectivity index (χ1n) is 5.93. The van der Waals surface area contributed by atoms with Crippen LogP contribution in [0.25, 0.3) is 0 Å². The molecule has 1 unspecified atom stereocenters. The van der Waals surface area contributed by atoms with Crippen LogP contribution in [-0.4, -0.2) is 31.9 Å². The Bertz CT molecular complexity index is 489. The van der Waals surface area contributed by atoms with Crippen molar-refractivity contribution in [3.05, 3.63) is 71.8 Å². The van der Waals surface area contributed by atoms with Crippen molar-refractivity contribution >= 4 is 26.8 Å². The predicted octanol–water partition coefficient (Wildman–Crippen LogP) is 0.167. The van der Waals surface area contributed by atoms with Crippen LogP contribution in [0.3, 0.4) is 0 Å². The average Bonchev–Trinajstić information content (AvgIpc) is 2.48. The SMILES string of the molecule is O=C(c1ccccc1)C(O)c1ccccc1.[SiH3]O[SiH3]. The van der Waals surface area contributed by atoms with Gasteiger partial charge in [0.2, 0.25) is 0 Å². The third kappa shape index (κ3) is 4.92. The van der Waals surface area contributed by atoms with E-state index in [4.69, 9.17) is 0 Å². The first-order chi connectivity index (χ1) is 9.20. The Labute approximate surface area is 119 Å². The quantitative estimate of drug-likeness (QED) is 0.647. The van der Waals surface area contributed by atoms with Crippen molar-refractivity contribution < 1.29 is 14.0 Å². The number of benzene rings is 2. The Morgan fingerprint density at radius 1 is 0.947 bits per heavy atom. The number of carbonyl (C=O) groups is 1. The minimum absolute atomic E-state index is 0.271. The molecular weight excluding hydrogens is 272 g/mol. The summed E-state index contributed by atoms with van der Waals surface area (Å²) in [7, 11) is 1.86. The standard InChI is InChI=1S/C14H12O2.H6OSi2/c15-13(11-7-3-1-4-8-11)14(16)12-9-5-2-6-10-12;2-1-3/h1-10,13,15H;2-3H3. The molecule has 19 heavy (non-hydrogen) atoms. The summed E-state index contributed by atoms with van der Waals surface area (Å²) in [6.07, 6.45) is -1.08. The van der Waals surface area contributed by atoms with Crippen LogP contribution in [0.5, 0.6) is 0 Å². The predicted molar refractivity (Wildman–Crippen MR) is 83.1 cm³/mol. The van der Waals surface area contributed by atoms with Crippen molar-refractivity contribution in [2.75, 3.05) is 0 Å². The van der Waals surface area contributed by atoms with E-state index in [1.807, 2.05) is 12.1 Å². The molecule has 0 radical (unpaired) electrons. The summed E-state index contributed by atoms with van der Waals surface area (Å²) in [6, 6.07) is 17.7. The van der Waals surface area contributed by atoms with Crippen molar-refractivity contribution in [3.8, 4) is 0 Å². The second kappa shape index (κ2) is 8.55. The van der Waals surface area contributed by atoms with Crippen LogP contribution >= 0.6 is 0 Å². The van der Waals surface area contributed by atoms with Gasteiger partial charge in [-0.3, -0.25) is 4.79 Å². The van der Waals surface area contributed by atoms with Crippen LogP contribution in [0.15, 0.2) is 60.7 Å². The monoisotopic (exact) mass is 290 g/mol. The van der Waals surface area contributed by atoms with Gasteiger partial charge in [-0.25, -0.2) is 0 Å². The molecule has 0 aliphatic heterocycles. The van der Waals surface area contributed by atoms with Gasteiger partial charge in [0.05, 0.1) is 0 Å². The first-order valence-corrected chi connectivity index (χ1v) is 7.56. The topological polar surface area (TPSA) is 46.5 Å². The maximum absolute atomic E-state index is 11.9. The minimum atomic E-state index is -1.08. The van der Waals surface area contributed by atoms with E-state index in [0.717, 1.165) is 21.0 Å². The lowest BCUT2D eigenvalue weighted by Crippen LogP contribution is -2.11. The zero-order chi connectivity index (χ0) is 14.1. The highest BCUT2D eigenvalue weighted by atomic mass is 28.3. The molecule has 2 aromatic carbocycles. The summed E-state index contributed by atoms with van der Waals surface area (Å²) in [5, 5.41) is 9.89. The van der Waals surface area contributed by atoms with Gasteiger partial charge in [-0.05, 0) is 5.56 Å². The van der Waals surface area contributed by atoms with E-state index in [9.17, 15) is 9.90 Å². The molecule has 5 heteroatoms. The van der Waals surface area contributed by atoms with Crippen LogP contribution < -0.4 is 0 Å². The molecule has 0 aliphatic carbocycles. The Morgan fingerprint density at radius 2 is 1.37 bits per heavy atom. The van der Waals surface area contributed by atoms with Crippen molar-refractivity contribution in [1.82, 2.24) is 0 Å². The molecule has 0 amide bonds. The largest absolute Gasteiger partial charge is 0.471 e. The highest BCUT2D eigenvalue weighted by Gasteiger charge is 2.18. The lowest BCUT2D eigenvalue weighted by atomic mass is 10.0. The molecule has 3 nitrogen and oxygen atoms in total. The molecule has 0 heterocycles. The maximum atomic E-state index is 11.9. The van der Waals surface area contributed by atoms with Gasteiger partial charge >= 0.3 is 0 Å². The van der Waals surface area contributed by atoms with Gasteiger partial charge in [0, 0.05) is 5.56 Å². The van der Waals surface area contributed by atoms with Gasteiger partial charge < -0.3 is 9.22 Å². The van der Waals surface area contributed by atoms with E-state index in [1.54, 1.807) is 48.5 Å². The summed E-state index contributed by atoms with van der Waals surface area (Å²) in [5.74, 6) is -0.271. The number of aliphatic hydroxyl groups excluding tert-OH is 1. The van der Waals surface area contributed by atoms with Gasteiger partial charge in [-0.2, -0.15) is 0 Å². The zero-order valence-corrected chi connectivity index (χ0v) is 15.1. The number of hydrogen-bond donors (Lipinski definition) is 1. The molecule has 0 aromatic heterocycles. The van der Waals surface area contributed by atoms with Crippen LogP contribution in [0.4, 0.5) is 0 Å². The second-order valence-electron chi connectivity index (χ2n) is 3.95. The van der Waals surface area contributed by atoms with Crippen LogP contribution in [0.2, 0.25) is 0 Å². The molecule has 0 saturated carbocycles. The molecule has 0 aliphatic rings. The van der Waals surface area contributed by atoms with Crippen LogP contribution in [0, 0.1) is 0 Å². The number of Topliss-reactive ketones (excluding diaryl/α,β-unsaturated/α-hetero) is 1. The molecule has 0 bridgehead atoms. The third-order valence-electron chi connectivity index (χ3n) is 2.42. The van der Waals surface area contributed by atoms with Crippen molar-refractivity contribution in [2.45, 2.75) is 6.10 Å². The van der Waals surface area contributed by atoms with E-state index in [1.165, 1.54) is 0 Å². The third-order valence-corrected chi connectivity index (χ3v) is 2.42. The number of carbonyl (C=O) groups excluding carboxylic acids is 1. The van der Waals surface area contributed by atoms with E-state index in [0.29, 0.717) is 11.1 Å². The lowest BCUT2D eigenvalue weighted by molar-refractivity contribution is 0.0747. The second-order valence-corrected chi connectivity index (χ2v) is 7.22. The number of rotatable bonds is 3. The molecule has 0 spiro atoms. The fourth-order valence-corrected chi connectivity index (χ4v) is 1.55. The molecule has 100 valence electrons. The maximum Gasteiger partial charge on any atom is 0.195 e. The number of hydrogen-bond acceptors (Lipinski definition) is 3. The summed E-state index contributed by atoms with van der Waals surface area (Å²) >= 11 is 0. The van der Waals surface area contributed by atoms with Gasteiger partial charge in [0.25, 0.3) is 0 Å². The van der Waals surface area contributed by atoms with Crippen molar-refractivity contribution in [1.29, 1.82) is 0 Å². The lowest BCUT2D eigenvalue weighted by Gasteiger charge is -2.09. The molecular formula is C14H18O3Si2. The Kier molecular flexibility index (Phi) is 6.98. The summed E-state index contributed by atoms with van der Waals surface area (Å²) in [6.45, 7) is 0. The zero-order valence-electron chi connectivity index (χ0n) is 11.1. The molecule has 0 fully saturated rings. The van der Waals surface area contributed by atoms with E-state index in [-0.39, 0.29) is 5.78 Å². The summed E-state index contributed by atoms with van der Waals surface area (Å²) in [4.78, 5) is 11.9. The Hall–Kier alpha value is -1.54. The van der Waals surface area contributed by atoms with Crippen molar-refractivity contribution in [2.24, 2.45) is 0 Å². The molecule has 2 rings (SSSR count). The van der Waals surface area contributed by atoms with Gasteiger partial charge in [0.15, 0.2) is 5.78 Å². The van der Waals surface area contributed by atoms with Gasteiger partial charge in [0.1, 0.15) is 27.1 Å². The molecule has 2 aromatic rings. The van der Waals surface area contributed by atoms with Gasteiger partial charge in [-0.1, -0.05) is 60.7 Å². The average molecular weight is 290 g/mol. The summed E-state index contributed by atoms with van der Waals surface area (Å²) in [5.41, 5.74) is 1.15. The normalized spacial score (nSPS) is 11.4. The highest BCUT2D eigenvalue weighted by molar-refractivity contribution is 6.15. The first kappa shape index (κ1) is 15.5. The van der Waals surface area contributed by atoms with Crippen LogP contribution in [0.1, 0.15) is 22.0 Å². The Balaban J connectivity index is 0.000000550. The van der Waals surface area contributed by atoms with E-state index in [2.05, 4.69) is 4.12 Å². The Morgan fingerprint density at radius 3 is 1.84 bits per heavy atom. The summed E-state index contributed by atoms with van der Waals surface area (Å²) < 4.78 is 4.53. The molecule has 1 N–H and O–H groups in total. The van der Waals surface area contributed by atoms with E-state index >= 15 is 0 Å². The van der Waals surface area contributed by atoms with E-state index < -0.39 is 6.10 Å². The van der Waals surface area contributed by atoms with Gasteiger partial charge in [-0.15, -0.1) is 0 Å². The number of ketones is 1. The fraction of sp³-hybridized carbons (Fsp3) is 0.0714.